The third kappa shape index (κ3) is 6.84. The number of ether oxygens (including phenoxy) is 2. The van der Waals surface area contributed by atoms with E-state index >= 15 is 0 Å². The fourth-order valence-electron chi connectivity index (χ4n) is 0.476. The van der Waals surface area contributed by atoms with Gasteiger partial charge < -0.3 is 9.47 Å². The topological polar surface area (TPSA) is 35.5 Å². The maximum absolute atomic E-state index is 10.4. The second kappa shape index (κ2) is 7.83. The molecule has 0 aliphatic rings. The molecule has 0 spiro atoms. The zero-order valence-electron chi connectivity index (χ0n) is 7.13. The standard InChI is InChI=1S/C9H12O3/c1-3-7-12-8-5-4-6-9(10)11-2/h3H,1,5,7-8H2,2H3. The summed E-state index contributed by atoms with van der Waals surface area (Å²) in [5.41, 5.74) is 0. The molecule has 0 N–H and O–H groups in total. The van der Waals surface area contributed by atoms with Crippen LogP contribution in [-0.4, -0.2) is 26.3 Å². The van der Waals surface area contributed by atoms with Gasteiger partial charge in [0.05, 0.1) is 20.3 Å². The van der Waals surface area contributed by atoms with Gasteiger partial charge >= 0.3 is 5.97 Å². The highest BCUT2D eigenvalue weighted by molar-refractivity contribution is 5.88. The second-order valence-electron chi connectivity index (χ2n) is 1.91. The Kier molecular flexibility index (Phi) is 7.00. The van der Waals surface area contributed by atoms with Gasteiger partial charge in [-0.25, -0.2) is 4.79 Å². The summed E-state index contributed by atoms with van der Waals surface area (Å²) in [7, 11) is 1.30. The van der Waals surface area contributed by atoms with E-state index in [0.29, 0.717) is 19.6 Å². The third-order valence-electron chi connectivity index (χ3n) is 0.983. The Balaban J connectivity index is 3.32. The highest BCUT2D eigenvalue weighted by Crippen LogP contribution is 1.80. The van der Waals surface area contributed by atoms with Crippen LogP contribution in [0.3, 0.4) is 0 Å². The van der Waals surface area contributed by atoms with Crippen LogP contribution in [0.2, 0.25) is 0 Å². The summed E-state index contributed by atoms with van der Waals surface area (Å²) in [6, 6.07) is 0. The zero-order valence-corrected chi connectivity index (χ0v) is 7.13. The van der Waals surface area contributed by atoms with Crippen molar-refractivity contribution in [2.45, 2.75) is 6.42 Å². The number of carbonyl (C=O) groups is 1. The first-order valence-corrected chi connectivity index (χ1v) is 3.56. The normalized spacial score (nSPS) is 8.08. The van der Waals surface area contributed by atoms with Crippen molar-refractivity contribution in [3.8, 4) is 11.8 Å². The average Bonchev–Trinajstić information content (AvgIpc) is 2.10. The maximum Gasteiger partial charge on any atom is 0.384 e. The molecule has 0 amide bonds. The smallest absolute Gasteiger partial charge is 0.384 e. The van der Waals surface area contributed by atoms with Crippen molar-refractivity contribution in [1.82, 2.24) is 0 Å². The number of carbonyl (C=O) groups excluding carboxylic acids is 1. The van der Waals surface area contributed by atoms with Crippen molar-refractivity contribution in [3.63, 3.8) is 0 Å². The summed E-state index contributed by atoms with van der Waals surface area (Å²) in [5, 5.41) is 0. The van der Waals surface area contributed by atoms with Crippen LogP contribution in [0, 0.1) is 11.8 Å². The van der Waals surface area contributed by atoms with E-state index in [9.17, 15) is 4.79 Å². The number of hydrogen-bond acceptors (Lipinski definition) is 3. The zero-order chi connectivity index (χ0) is 9.23. The molecule has 0 radical (unpaired) electrons. The Morgan fingerprint density at radius 1 is 1.67 bits per heavy atom. The minimum Gasteiger partial charge on any atom is -0.459 e. The molecule has 66 valence electrons. The van der Waals surface area contributed by atoms with E-state index in [2.05, 4.69) is 23.2 Å². The monoisotopic (exact) mass is 168 g/mol. The van der Waals surface area contributed by atoms with Crippen molar-refractivity contribution < 1.29 is 14.3 Å². The lowest BCUT2D eigenvalue weighted by Crippen LogP contribution is -1.96. The number of rotatable bonds is 4. The van der Waals surface area contributed by atoms with Crippen LogP contribution in [0.4, 0.5) is 0 Å². The highest BCUT2D eigenvalue weighted by atomic mass is 16.5. The molecule has 0 aromatic carbocycles. The van der Waals surface area contributed by atoms with Crippen molar-refractivity contribution in [2.24, 2.45) is 0 Å². The molecule has 0 aliphatic carbocycles. The molecule has 3 nitrogen and oxygen atoms in total. The minimum absolute atomic E-state index is 0.510. The molecule has 0 rings (SSSR count). The van der Waals surface area contributed by atoms with E-state index in [1.807, 2.05) is 0 Å². The van der Waals surface area contributed by atoms with Gasteiger partial charge in [0.1, 0.15) is 0 Å². The van der Waals surface area contributed by atoms with Gasteiger partial charge in [-0.3, -0.25) is 0 Å². The van der Waals surface area contributed by atoms with E-state index in [0.717, 1.165) is 0 Å². The first-order chi connectivity index (χ1) is 5.81. The fourth-order valence-corrected chi connectivity index (χ4v) is 0.476. The summed E-state index contributed by atoms with van der Waals surface area (Å²) in [6.07, 6.45) is 2.19. The highest BCUT2D eigenvalue weighted by Gasteiger charge is 1.87. The summed E-state index contributed by atoms with van der Waals surface area (Å²) >= 11 is 0. The minimum atomic E-state index is -0.515. The predicted molar refractivity (Wildman–Crippen MR) is 45.4 cm³/mol. The maximum atomic E-state index is 10.4. The quantitative estimate of drug-likeness (QED) is 0.204. The average molecular weight is 168 g/mol. The van der Waals surface area contributed by atoms with Gasteiger partial charge in [-0.1, -0.05) is 12.0 Å². The molecule has 0 heterocycles. The Morgan fingerprint density at radius 2 is 2.42 bits per heavy atom. The van der Waals surface area contributed by atoms with E-state index in [1.54, 1.807) is 6.08 Å². The molecular formula is C9H12O3. The molecule has 0 aliphatic heterocycles. The number of methoxy groups -OCH3 is 1. The predicted octanol–water partition coefficient (Wildman–Crippen LogP) is 0.755. The summed E-state index contributed by atoms with van der Waals surface area (Å²) in [6.45, 7) is 4.51. The SMILES string of the molecule is C=CCOCCC#CC(=O)OC. The van der Waals surface area contributed by atoms with Crippen molar-refractivity contribution >= 4 is 5.97 Å². The largest absolute Gasteiger partial charge is 0.459 e. The molecule has 0 fully saturated rings. The molecule has 0 saturated heterocycles. The van der Waals surface area contributed by atoms with Gasteiger partial charge in [-0.15, -0.1) is 6.58 Å². The second-order valence-corrected chi connectivity index (χ2v) is 1.91. The van der Waals surface area contributed by atoms with Crippen molar-refractivity contribution in [3.05, 3.63) is 12.7 Å². The van der Waals surface area contributed by atoms with Gasteiger partial charge in [0, 0.05) is 12.3 Å². The van der Waals surface area contributed by atoms with Crippen LogP contribution in [-0.2, 0) is 14.3 Å². The molecule has 0 bridgehead atoms. The van der Waals surface area contributed by atoms with Crippen molar-refractivity contribution in [2.75, 3.05) is 20.3 Å². The number of hydrogen-bond donors (Lipinski definition) is 0. The Labute approximate surface area is 72.4 Å². The lowest BCUT2D eigenvalue weighted by molar-refractivity contribution is -0.133. The van der Waals surface area contributed by atoms with E-state index in [-0.39, 0.29) is 0 Å². The van der Waals surface area contributed by atoms with E-state index in [1.165, 1.54) is 7.11 Å². The van der Waals surface area contributed by atoms with E-state index < -0.39 is 5.97 Å². The molecule has 0 aromatic rings. The number of esters is 1. The fraction of sp³-hybridized carbons (Fsp3) is 0.444. The van der Waals surface area contributed by atoms with Crippen LogP contribution >= 0.6 is 0 Å². The lowest BCUT2D eigenvalue weighted by atomic mass is 10.4. The van der Waals surface area contributed by atoms with Gasteiger partial charge in [0.25, 0.3) is 0 Å². The van der Waals surface area contributed by atoms with Gasteiger partial charge in [0.2, 0.25) is 0 Å². The van der Waals surface area contributed by atoms with Crippen LogP contribution in [0.1, 0.15) is 6.42 Å². The molecule has 0 atom stereocenters. The van der Waals surface area contributed by atoms with Gasteiger partial charge in [0.15, 0.2) is 0 Å². The summed E-state index contributed by atoms with van der Waals surface area (Å²) in [4.78, 5) is 10.4. The van der Waals surface area contributed by atoms with E-state index in [4.69, 9.17) is 4.74 Å². The van der Waals surface area contributed by atoms with Crippen molar-refractivity contribution in [1.29, 1.82) is 0 Å². The van der Waals surface area contributed by atoms with Gasteiger partial charge in [-0.05, 0) is 0 Å². The van der Waals surface area contributed by atoms with Crippen LogP contribution in [0.5, 0.6) is 0 Å². The van der Waals surface area contributed by atoms with Crippen LogP contribution in [0.15, 0.2) is 12.7 Å². The molecule has 0 saturated carbocycles. The summed E-state index contributed by atoms with van der Waals surface area (Å²) in [5.74, 6) is 4.39. The first-order valence-electron chi connectivity index (χ1n) is 3.56. The molecule has 3 heteroatoms. The van der Waals surface area contributed by atoms with Crippen LogP contribution in [0.25, 0.3) is 0 Å². The first kappa shape index (κ1) is 10.7. The molecule has 12 heavy (non-hydrogen) atoms. The summed E-state index contributed by atoms with van der Waals surface area (Å²) < 4.78 is 9.33. The van der Waals surface area contributed by atoms with Gasteiger partial charge in [-0.2, -0.15) is 0 Å². The van der Waals surface area contributed by atoms with Crippen LogP contribution < -0.4 is 0 Å². The lowest BCUT2D eigenvalue weighted by Gasteiger charge is -1.93. The molecule has 0 unspecified atom stereocenters. The Hall–Kier alpha value is -1.27. The molecule has 0 aromatic heterocycles. The third-order valence-corrected chi connectivity index (χ3v) is 0.983. The molecular weight excluding hydrogens is 156 g/mol. The Bertz CT molecular complexity index is 198. The Morgan fingerprint density at radius 3 is 3.00 bits per heavy atom.